The molecule has 0 bridgehead atoms. The van der Waals surface area contributed by atoms with Crippen LogP contribution in [0.5, 0.6) is 0 Å². The van der Waals surface area contributed by atoms with Crippen molar-refractivity contribution in [2.24, 2.45) is 5.92 Å². The van der Waals surface area contributed by atoms with E-state index in [9.17, 15) is 0 Å². The highest BCUT2D eigenvalue weighted by atomic mass is 16.5. The van der Waals surface area contributed by atoms with Crippen LogP contribution in [-0.4, -0.2) is 50.3 Å². The van der Waals surface area contributed by atoms with Gasteiger partial charge < -0.3 is 10.1 Å². The van der Waals surface area contributed by atoms with Crippen molar-refractivity contribution in [2.45, 2.75) is 31.9 Å². The minimum absolute atomic E-state index is 0.418. The number of ether oxygens (including phenoxy) is 1. The molecule has 1 saturated heterocycles. The Balaban J connectivity index is 1.87. The van der Waals surface area contributed by atoms with Gasteiger partial charge in [0.15, 0.2) is 0 Å². The summed E-state index contributed by atoms with van der Waals surface area (Å²) in [4.78, 5) is 2.49. The molecule has 3 heteroatoms. The second kappa shape index (κ2) is 4.60. The SMILES string of the molecule is CCN1CCOC(C(NC)C2CC2)C1. The summed E-state index contributed by atoms with van der Waals surface area (Å²) >= 11 is 0. The second-order valence-corrected chi connectivity index (χ2v) is 4.45. The van der Waals surface area contributed by atoms with E-state index in [2.05, 4.69) is 24.2 Å². The molecule has 1 N–H and O–H groups in total. The summed E-state index contributed by atoms with van der Waals surface area (Å²) < 4.78 is 5.86. The van der Waals surface area contributed by atoms with Gasteiger partial charge in [-0.2, -0.15) is 0 Å². The van der Waals surface area contributed by atoms with E-state index >= 15 is 0 Å². The molecule has 0 radical (unpaired) electrons. The second-order valence-electron chi connectivity index (χ2n) is 4.45. The van der Waals surface area contributed by atoms with Crippen LogP contribution in [0.4, 0.5) is 0 Å². The Morgan fingerprint density at radius 3 is 2.86 bits per heavy atom. The molecule has 14 heavy (non-hydrogen) atoms. The molecule has 82 valence electrons. The Morgan fingerprint density at radius 2 is 2.29 bits per heavy atom. The minimum atomic E-state index is 0.418. The Morgan fingerprint density at radius 1 is 1.50 bits per heavy atom. The number of nitrogens with zero attached hydrogens (tertiary/aromatic N) is 1. The van der Waals surface area contributed by atoms with Crippen LogP contribution >= 0.6 is 0 Å². The maximum atomic E-state index is 5.86. The first-order chi connectivity index (χ1) is 6.85. The van der Waals surface area contributed by atoms with Crippen molar-refractivity contribution < 1.29 is 4.74 Å². The van der Waals surface area contributed by atoms with Gasteiger partial charge in [-0.05, 0) is 32.4 Å². The summed E-state index contributed by atoms with van der Waals surface area (Å²) in [5, 5.41) is 3.43. The van der Waals surface area contributed by atoms with E-state index in [0.717, 1.165) is 32.2 Å². The fraction of sp³-hybridized carbons (Fsp3) is 1.00. The average Bonchev–Trinajstić information content (AvgIpc) is 3.04. The van der Waals surface area contributed by atoms with Crippen LogP contribution in [0.2, 0.25) is 0 Å². The van der Waals surface area contributed by atoms with Crippen molar-refractivity contribution in [3.05, 3.63) is 0 Å². The van der Waals surface area contributed by atoms with Crippen LogP contribution < -0.4 is 5.32 Å². The molecule has 1 aliphatic carbocycles. The number of hydrogen-bond donors (Lipinski definition) is 1. The Labute approximate surface area is 86.8 Å². The van der Waals surface area contributed by atoms with Gasteiger partial charge in [0.2, 0.25) is 0 Å². The van der Waals surface area contributed by atoms with E-state index < -0.39 is 0 Å². The van der Waals surface area contributed by atoms with Gasteiger partial charge in [0.25, 0.3) is 0 Å². The third kappa shape index (κ3) is 2.27. The summed E-state index contributed by atoms with van der Waals surface area (Å²) in [5.41, 5.74) is 0. The summed E-state index contributed by atoms with van der Waals surface area (Å²) in [7, 11) is 2.07. The zero-order chi connectivity index (χ0) is 9.97. The molecule has 0 aromatic carbocycles. The Bertz CT molecular complexity index is 182. The van der Waals surface area contributed by atoms with Crippen LogP contribution in [0.25, 0.3) is 0 Å². The Kier molecular flexibility index (Phi) is 3.42. The molecule has 1 saturated carbocycles. The Hall–Kier alpha value is -0.120. The van der Waals surface area contributed by atoms with E-state index in [1.165, 1.54) is 12.8 Å². The lowest BCUT2D eigenvalue weighted by Gasteiger charge is -2.36. The van der Waals surface area contributed by atoms with Gasteiger partial charge in [-0.3, -0.25) is 4.90 Å². The van der Waals surface area contributed by atoms with Gasteiger partial charge in [-0.1, -0.05) is 6.92 Å². The fourth-order valence-corrected chi connectivity index (χ4v) is 2.42. The first-order valence-electron chi connectivity index (χ1n) is 5.86. The van der Waals surface area contributed by atoms with Crippen molar-refractivity contribution in [1.29, 1.82) is 0 Å². The molecular formula is C11H22N2O. The summed E-state index contributed by atoms with van der Waals surface area (Å²) in [6.45, 7) is 6.50. The van der Waals surface area contributed by atoms with Crippen LogP contribution in [-0.2, 0) is 4.74 Å². The zero-order valence-electron chi connectivity index (χ0n) is 9.33. The highest BCUT2D eigenvalue weighted by Gasteiger charge is 2.37. The van der Waals surface area contributed by atoms with E-state index in [4.69, 9.17) is 4.74 Å². The quantitative estimate of drug-likeness (QED) is 0.720. The van der Waals surface area contributed by atoms with Gasteiger partial charge in [0, 0.05) is 19.1 Å². The lowest BCUT2D eigenvalue weighted by molar-refractivity contribution is -0.0473. The van der Waals surface area contributed by atoms with Crippen LogP contribution in [0.1, 0.15) is 19.8 Å². The van der Waals surface area contributed by atoms with Crippen LogP contribution in [0.15, 0.2) is 0 Å². The summed E-state index contributed by atoms with van der Waals surface area (Å²) in [6, 6.07) is 0.587. The predicted molar refractivity (Wildman–Crippen MR) is 57.4 cm³/mol. The molecule has 0 aromatic heterocycles. The lowest BCUT2D eigenvalue weighted by Crippen LogP contribution is -2.52. The van der Waals surface area contributed by atoms with Crippen molar-refractivity contribution in [2.75, 3.05) is 33.3 Å². The monoisotopic (exact) mass is 198 g/mol. The van der Waals surface area contributed by atoms with E-state index in [1.807, 2.05) is 0 Å². The molecule has 3 nitrogen and oxygen atoms in total. The van der Waals surface area contributed by atoms with Gasteiger partial charge in [-0.15, -0.1) is 0 Å². The van der Waals surface area contributed by atoms with Gasteiger partial charge >= 0.3 is 0 Å². The van der Waals surface area contributed by atoms with Crippen molar-refractivity contribution in [1.82, 2.24) is 10.2 Å². The summed E-state index contributed by atoms with van der Waals surface area (Å²) in [6.07, 6.45) is 3.19. The molecule has 0 aromatic rings. The lowest BCUT2D eigenvalue weighted by atomic mass is 10.0. The van der Waals surface area contributed by atoms with Crippen molar-refractivity contribution in [3.63, 3.8) is 0 Å². The highest BCUT2D eigenvalue weighted by Crippen LogP contribution is 2.35. The topological polar surface area (TPSA) is 24.5 Å². The highest BCUT2D eigenvalue weighted by molar-refractivity contribution is 4.93. The van der Waals surface area contributed by atoms with E-state index in [-0.39, 0.29) is 0 Å². The van der Waals surface area contributed by atoms with Crippen LogP contribution in [0, 0.1) is 5.92 Å². The third-order valence-corrected chi connectivity index (χ3v) is 3.49. The molecule has 1 heterocycles. The molecule has 2 fully saturated rings. The molecule has 2 atom stereocenters. The number of likely N-dealkylation sites (N-methyl/N-ethyl adjacent to an activating group) is 2. The van der Waals surface area contributed by atoms with Crippen molar-refractivity contribution in [3.8, 4) is 0 Å². The largest absolute Gasteiger partial charge is 0.374 e. The number of morpholine rings is 1. The van der Waals surface area contributed by atoms with Crippen LogP contribution in [0.3, 0.4) is 0 Å². The smallest absolute Gasteiger partial charge is 0.0857 e. The van der Waals surface area contributed by atoms with Gasteiger partial charge in [-0.25, -0.2) is 0 Å². The minimum Gasteiger partial charge on any atom is -0.374 e. The van der Waals surface area contributed by atoms with E-state index in [1.54, 1.807) is 0 Å². The van der Waals surface area contributed by atoms with Crippen molar-refractivity contribution >= 4 is 0 Å². The molecule has 0 amide bonds. The molecule has 1 aliphatic heterocycles. The third-order valence-electron chi connectivity index (χ3n) is 3.49. The number of nitrogens with one attached hydrogen (secondary N) is 1. The standard InChI is InChI=1S/C11H22N2O/c1-3-13-6-7-14-10(8-13)11(12-2)9-4-5-9/h9-12H,3-8H2,1-2H3. The average molecular weight is 198 g/mol. The molecule has 2 aliphatic rings. The molecule has 2 unspecified atom stereocenters. The fourth-order valence-electron chi connectivity index (χ4n) is 2.42. The first-order valence-corrected chi connectivity index (χ1v) is 5.86. The molecule has 0 spiro atoms. The summed E-state index contributed by atoms with van der Waals surface area (Å²) in [5.74, 6) is 0.877. The zero-order valence-corrected chi connectivity index (χ0v) is 9.33. The maximum absolute atomic E-state index is 5.86. The van der Waals surface area contributed by atoms with Gasteiger partial charge in [0.05, 0.1) is 12.7 Å². The maximum Gasteiger partial charge on any atom is 0.0857 e. The predicted octanol–water partition coefficient (Wildman–Crippen LogP) is 0.705. The molecule has 2 rings (SSSR count). The van der Waals surface area contributed by atoms with E-state index in [0.29, 0.717) is 12.1 Å². The molecular weight excluding hydrogens is 176 g/mol. The number of rotatable bonds is 4. The first kappa shape index (κ1) is 10.4. The number of hydrogen-bond acceptors (Lipinski definition) is 3. The van der Waals surface area contributed by atoms with Gasteiger partial charge in [0.1, 0.15) is 0 Å². The normalized spacial score (nSPS) is 31.7.